The summed E-state index contributed by atoms with van der Waals surface area (Å²) in [7, 11) is 0. The smallest absolute Gasteiger partial charge is 0.256 e. The van der Waals surface area contributed by atoms with Crippen molar-refractivity contribution in [3.05, 3.63) is 41.6 Å². The highest BCUT2D eigenvalue weighted by Crippen LogP contribution is 2.16. The molecule has 2 aromatic rings. The van der Waals surface area contributed by atoms with Crippen LogP contribution in [0.4, 0.5) is 5.82 Å². The zero-order chi connectivity index (χ0) is 13.1. The topological polar surface area (TPSA) is 78.0 Å². The van der Waals surface area contributed by atoms with Gasteiger partial charge >= 0.3 is 0 Å². The minimum absolute atomic E-state index is 0.0625. The molecule has 1 aromatic heterocycles. The molecule has 0 unspecified atom stereocenters. The molecule has 0 aliphatic carbocycles. The monoisotopic (exact) mass is 245 g/mol. The number of phenolic OH excluding ortho intramolecular Hbond substituents is 1. The lowest BCUT2D eigenvalue weighted by molar-refractivity contribution is 0.102. The molecule has 5 nitrogen and oxygen atoms in total. The quantitative estimate of drug-likeness (QED) is 0.777. The number of phenols is 1. The Morgan fingerprint density at radius 2 is 2.17 bits per heavy atom. The number of nitrogens with one attached hydrogen (secondary N) is 2. The van der Waals surface area contributed by atoms with Gasteiger partial charge in [0.05, 0.1) is 0 Å². The van der Waals surface area contributed by atoms with E-state index in [4.69, 9.17) is 0 Å². The Hall–Kier alpha value is -2.30. The third-order valence-corrected chi connectivity index (χ3v) is 2.57. The van der Waals surface area contributed by atoms with Gasteiger partial charge in [-0.15, -0.1) is 0 Å². The lowest BCUT2D eigenvalue weighted by atomic mass is 10.1. The highest BCUT2D eigenvalue weighted by atomic mass is 16.3. The minimum atomic E-state index is -0.298. The van der Waals surface area contributed by atoms with E-state index in [0.29, 0.717) is 17.3 Å². The van der Waals surface area contributed by atoms with E-state index in [1.54, 1.807) is 18.2 Å². The van der Waals surface area contributed by atoms with Crippen LogP contribution in [-0.4, -0.2) is 21.2 Å². The molecule has 1 heterocycles. The Balaban J connectivity index is 2.11. The van der Waals surface area contributed by atoms with Crippen molar-refractivity contribution in [2.75, 3.05) is 5.32 Å². The van der Waals surface area contributed by atoms with Crippen molar-refractivity contribution in [1.29, 1.82) is 0 Å². The summed E-state index contributed by atoms with van der Waals surface area (Å²) in [4.78, 5) is 11.9. The van der Waals surface area contributed by atoms with Gasteiger partial charge in [-0.1, -0.05) is 19.9 Å². The van der Waals surface area contributed by atoms with Crippen molar-refractivity contribution >= 4 is 11.7 Å². The van der Waals surface area contributed by atoms with Crippen molar-refractivity contribution in [2.24, 2.45) is 0 Å². The maximum atomic E-state index is 11.9. The fraction of sp³-hybridized carbons (Fsp3) is 0.231. The Bertz CT molecular complexity index is 561. The minimum Gasteiger partial charge on any atom is -0.508 e. The number of aromatic hydroxyl groups is 1. The second-order valence-corrected chi connectivity index (χ2v) is 4.37. The fourth-order valence-corrected chi connectivity index (χ4v) is 1.53. The first-order valence-electron chi connectivity index (χ1n) is 5.72. The van der Waals surface area contributed by atoms with Crippen LogP contribution in [-0.2, 0) is 0 Å². The molecule has 0 saturated heterocycles. The van der Waals surface area contributed by atoms with E-state index in [1.165, 1.54) is 12.1 Å². The molecule has 18 heavy (non-hydrogen) atoms. The van der Waals surface area contributed by atoms with Gasteiger partial charge in [-0.05, 0) is 24.1 Å². The number of carbonyl (C=O) groups excluding carboxylic acids is 1. The fourth-order valence-electron chi connectivity index (χ4n) is 1.53. The van der Waals surface area contributed by atoms with Crippen LogP contribution in [0.2, 0.25) is 0 Å². The van der Waals surface area contributed by atoms with Crippen LogP contribution in [0.5, 0.6) is 5.75 Å². The molecule has 1 aromatic carbocycles. The van der Waals surface area contributed by atoms with Crippen LogP contribution in [0.3, 0.4) is 0 Å². The molecule has 0 aliphatic rings. The average molecular weight is 245 g/mol. The van der Waals surface area contributed by atoms with Crippen LogP contribution < -0.4 is 5.32 Å². The summed E-state index contributed by atoms with van der Waals surface area (Å²) >= 11 is 0. The first-order chi connectivity index (χ1) is 8.56. The van der Waals surface area contributed by atoms with E-state index in [-0.39, 0.29) is 11.7 Å². The highest BCUT2D eigenvalue weighted by molar-refractivity contribution is 6.03. The first kappa shape index (κ1) is 12.2. The molecule has 0 atom stereocenters. The Kier molecular flexibility index (Phi) is 3.32. The zero-order valence-electron chi connectivity index (χ0n) is 10.3. The van der Waals surface area contributed by atoms with Crippen molar-refractivity contribution in [2.45, 2.75) is 19.8 Å². The standard InChI is InChI=1S/C13H15N3O2/c1-8(2)11-7-12(16-15-11)14-13(18)9-4-3-5-10(17)6-9/h3-8,17H,1-2H3,(H2,14,15,16,18). The normalized spacial score (nSPS) is 10.6. The lowest BCUT2D eigenvalue weighted by Crippen LogP contribution is -2.11. The molecule has 1 amide bonds. The SMILES string of the molecule is CC(C)c1cc(NC(=O)c2cccc(O)c2)n[nH]1. The first-order valence-corrected chi connectivity index (χ1v) is 5.72. The summed E-state index contributed by atoms with van der Waals surface area (Å²) in [6, 6.07) is 7.97. The molecule has 0 radical (unpaired) electrons. The molecule has 0 fully saturated rings. The second kappa shape index (κ2) is 4.91. The van der Waals surface area contributed by atoms with Gasteiger partial charge in [-0.3, -0.25) is 9.89 Å². The third-order valence-electron chi connectivity index (χ3n) is 2.57. The van der Waals surface area contributed by atoms with Gasteiger partial charge in [0, 0.05) is 17.3 Å². The van der Waals surface area contributed by atoms with E-state index >= 15 is 0 Å². The maximum Gasteiger partial charge on any atom is 0.256 e. The largest absolute Gasteiger partial charge is 0.508 e. The van der Waals surface area contributed by atoms with Crippen LogP contribution in [0, 0.1) is 0 Å². The summed E-state index contributed by atoms with van der Waals surface area (Å²) in [6.07, 6.45) is 0. The summed E-state index contributed by atoms with van der Waals surface area (Å²) in [5.41, 5.74) is 1.35. The predicted molar refractivity (Wildman–Crippen MR) is 68.7 cm³/mol. The predicted octanol–water partition coefficient (Wildman–Crippen LogP) is 2.49. The molecule has 0 saturated carbocycles. The van der Waals surface area contributed by atoms with E-state index in [2.05, 4.69) is 15.5 Å². The van der Waals surface area contributed by atoms with Gasteiger partial charge in [0.1, 0.15) is 5.75 Å². The van der Waals surface area contributed by atoms with E-state index < -0.39 is 0 Å². The van der Waals surface area contributed by atoms with Crippen molar-refractivity contribution < 1.29 is 9.90 Å². The molecule has 5 heteroatoms. The number of aromatic amines is 1. The summed E-state index contributed by atoms with van der Waals surface area (Å²) < 4.78 is 0. The number of nitrogens with zero attached hydrogens (tertiary/aromatic N) is 1. The molecule has 94 valence electrons. The van der Waals surface area contributed by atoms with Gasteiger partial charge < -0.3 is 10.4 Å². The Labute approximate surface area is 105 Å². The number of hydrogen-bond acceptors (Lipinski definition) is 3. The van der Waals surface area contributed by atoms with Crippen molar-refractivity contribution in [3.8, 4) is 5.75 Å². The zero-order valence-corrected chi connectivity index (χ0v) is 10.3. The van der Waals surface area contributed by atoms with E-state index in [1.807, 2.05) is 13.8 Å². The molecule has 0 aliphatic heterocycles. The molecular formula is C13H15N3O2. The molecule has 2 rings (SSSR count). The van der Waals surface area contributed by atoms with Gasteiger partial charge in [0.25, 0.3) is 5.91 Å². The highest BCUT2D eigenvalue weighted by Gasteiger charge is 2.10. The van der Waals surface area contributed by atoms with Gasteiger partial charge in [-0.25, -0.2) is 0 Å². The molecule has 0 spiro atoms. The van der Waals surface area contributed by atoms with Crippen molar-refractivity contribution in [3.63, 3.8) is 0 Å². The number of anilines is 1. The second-order valence-electron chi connectivity index (χ2n) is 4.37. The van der Waals surface area contributed by atoms with Crippen molar-refractivity contribution in [1.82, 2.24) is 10.2 Å². The Morgan fingerprint density at radius 3 is 2.78 bits per heavy atom. The number of H-pyrrole nitrogens is 1. The number of carbonyl (C=O) groups is 1. The molecular weight excluding hydrogens is 230 g/mol. The summed E-state index contributed by atoms with van der Waals surface area (Å²) in [6.45, 7) is 4.07. The number of aromatic nitrogens is 2. The van der Waals surface area contributed by atoms with E-state index in [9.17, 15) is 9.90 Å². The molecule has 0 bridgehead atoms. The van der Waals surface area contributed by atoms with Gasteiger partial charge in [0.2, 0.25) is 0 Å². The summed E-state index contributed by atoms with van der Waals surface area (Å²) in [5.74, 6) is 0.566. The average Bonchev–Trinajstić information content (AvgIpc) is 2.77. The Morgan fingerprint density at radius 1 is 1.39 bits per heavy atom. The maximum absolute atomic E-state index is 11.9. The van der Waals surface area contributed by atoms with Crippen LogP contribution in [0.15, 0.2) is 30.3 Å². The van der Waals surface area contributed by atoms with Crippen LogP contribution in [0.1, 0.15) is 35.8 Å². The molecule has 3 N–H and O–H groups in total. The van der Waals surface area contributed by atoms with E-state index in [0.717, 1.165) is 5.69 Å². The lowest BCUT2D eigenvalue weighted by Gasteiger charge is -2.02. The third kappa shape index (κ3) is 2.68. The van der Waals surface area contributed by atoms with Gasteiger partial charge in [-0.2, -0.15) is 5.10 Å². The van der Waals surface area contributed by atoms with Gasteiger partial charge in [0.15, 0.2) is 5.82 Å². The van der Waals surface area contributed by atoms with Crippen LogP contribution in [0.25, 0.3) is 0 Å². The number of benzene rings is 1. The summed E-state index contributed by atoms with van der Waals surface area (Å²) in [5, 5.41) is 18.8. The number of hydrogen-bond donors (Lipinski definition) is 3. The number of rotatable bonds is 3. The van der Waals surface area contributed by atoms with Crippen LogP contribution >= 0.6 is 0 Å². The number of amides is 1.